The zero-order valence-corrected chi connectivity index (χ0v) is 29.1. The van der Waals surface area contributed by atoms with E-state index in [9.17, 15) is 24.9 Å². The molecule has 1 aromatic heterocycles. The molecule has 0 aliphatic heterocycles. The summed E-state index contributed by atoms with van der Waals surface area (Å²) >= 11 is 2.06. The van der Waals surface area contributed by atoms with E-state index in [1.807, 2.05) is 0 Å². The number of nitrogens with one attached hydrogen (secondary N) is 1. The Morgan fingerprint density at radius 2 is 1.98 bits per heavy atom. The highest BCUT2D eigenvalue weighted by atomic mass is 127. The highest BCUT2D eigenvalue weighted by Gasteiger charge is 2.41. The molecule has 4 rings (SSSR count). The maximum absolute atomic E-state index is 14.1. The second kappa shape index (κ2) is 17.0. The largest absolute Gasteiger partial charge is 0.493 e. The minimum Gasteiger partial charge on any atom is -0.493 e. The van der Waals surface area contributed by atoms with Gasteiger partial charge >= 0.3 is 0 Å². The van der Waals surface area contributed by atoms with Gasteiger partial charge < -0.3 is 44.2 Å². The van der Waals surface area contributed by atoms with Gasteiger partial charge in [0, 0.05) is 30.6 Å². The zero-order valence-electron chi connectivity index (χ0n) is 27.0. The smallest absolute Gasteiger partial charge is 0.249 e. The Morgan fingerprint density at radius 1 is 1.20 bits per heavy atom. The molecule has 0 saturated heterocycles. The minimum absolute atomic E-state index is 0.0472. The second-order valence-corrected chi connectivity index (χ2v) is 13.8. The van der Waals surface area contributed by atoms with Gasteiger partial charge in [0.15, 0.2) is 11.5 Å². The first kappa shape index (κ1) is 36.2. The maximum Gasteiger partial charge on any atom is 0.249 e. The number of benzene rings is 1. The van der Waals surface area contributed by atoms with Crippen molar-refractivity contribution < 1.29 is 43.5 Å². The van der Waals surface area contributed by atoms with Gasteiger partial charge in [0.2, 0.25) is 11.8 Å². The Kier molecular flexibility index (Phi) is 13.3. The number of aliphatic hydroxyl groups excluding tert-OH is 3. The van der Waals surface area contributed by atoms with Crippen LogP contribution < -0.4 is 14.8 Å². The summed E-state index contributed by atoms with van der Waals surface area (Å²) < 4.78 is 24.2. The molecular weight excluding hydrogens is 707 g/mol. The lowest BCUT2D eigenvalue weighted by molar-refractivity contribution is -0.149. The third-order valence-corrected chi connectivity index (χ3v) is 9.78. The number of ether oxygens (including phenoxy) is 3. The highest BCUT2D eigenvalue weighted by Crippen LogP contribution is 2.38. The number of carbonyl (C=O) groups is 2. The third kappa shape index (κ3) is 9.03. The van der Waals surface area contributed by atoms with E-state index in [0.717, 1.165) is 24.8 Å². The summed E-state index contributed by atoms with van der Waals surface area (Å²) in [4.78, 5) is 28.8. The fourth-order valence-corrected chi connectivity index (χ4v) is 7.22. The molecule has 11 nitrogen and oxygen atoms in total. The summed E-state index contributed by atoms with van der Waals surface area (Å²) in [7, 11) is 1.48. The lowest BCUT2D eigenvalue weighted by atomic mass is 9.75. The Labute approximate surface area is 284 Å². The van der Waals surface area contributed by atoms with Crippen LogP contribution in [0.4, 0.5) is 0 Å². The van der Waals surface area contributed by atoms with Crippen molar-refractivity contribution in [3.05, 3.63) is 57.1 Å². The molecule has 0 unspecified atom stereocenters. The van der Waals surface area contributed by atoms with Gasteiger partial charge in [-0.25, -0.2) is 0 Å². The predicted molar refractivity (Wildman–Crippen MR) is 179 cm³/mol. The number of amides is 2. The van der Waals surface area contributed by atoms with E-state index in [4.69, 9.17) is 18.6 Å². The highest BCUT2D eigenvalue weighted by molar-refractivity contribution is 14.1. The van der Waals surface area contributed by atoms with Crippen molar-refractivity contribution in [1.29, 1.82) is 0 Å². The molecule has 2 aliphatic rings. The molecule has 4 N–H and O–H groups in total. The monoisotopic (exact) mass is 754 g/mol. The normalized spacial score (nSPS) is 24.8. The topological polar surface area (TPSA) is 151 Å². The van der Waals surface area contributed by atoms with Crippen LogP contribution in [-0.2, 0) is 27.5 Å². The number of nitrogens with zero attached hydrogens (tertiary/aromatic N) is 1. The van der Waals surface area contributed by atoms with Gasteiger partial charge in [-0.1, -0.05) is 27.2 Å². The zero-order chi connectivity index (χ0) is 33.4. The molecule has 1 saturated carbocycles. The molecule has 2 aliphatic carbocycles. The van der Waals surface area contributed by atoms with Crippen molar-refractivity contribution in [1.82, 2.24) is 10.2 Å². The first-order chi connectivity index (χ1) is 22.1. The molecule has 0 spiro atoms. The van der Waals surface area contributed by atoms with Crippen molar-refractivity contribution >= 4 is 34.4 Å². The van der Waals surface area contributed by atoms with E-state index < -0.39 is 24.2 Å². The van der Waals surface area contributed by atoms with Crippen LogP contribution in [0, 0.1) is 21.3 Å². The van der Waals surface area contributed by atoms with Gasteiger partial charge in [0.05, 0.1) is 48.6 Å². The fourth-order valence-electron chi connectivity index (χ4n) is 6.43. The minimum atomic E-state index is -1.23. The molecule has 1 fully saturated rings. The first-order valence-corrected chi connectivity index (χ1v) is 17.0. The molecule has 0 bridgehead atoms. The van der Waals surface area contributed by atoms with Gasteiger partial charge in [0.25, 0.3) is 0 Å². The summed E-state index contributed by atoms with van der Waals surface area (Å²) in [5.41, 5.74) is 1.65. The van der Waals surface area contributed by atoms with Crippen LogP contribution in [0.5, 0.6) is 11.5 Å². The van der Waals surface area contributed by atoms with Crippen LogP contribution in [0.1, 0.15) is 57.6 Å². The number of carbonyl (C=O) groups excluding carboxylic acids is 2. The van der Waals surface area contributed by atoms with Gasteiger partial charge in [-0.05, 0) is 83.0 Å². The van der Waals surface area contributed by atoms with Gasteiger partial charge in [-0.3, -0.25) is 9.59 Å². The van der Waals surface area contributed by atoms with E-state index in [0.29, 0.717) is 44.0 Å². The molecule has 1 aromatic carbocycles. The summed E-state index contributed by atoms with van der Waals surface area (Å²) in [5, 5.41) is 33.5. The van der Waals surface area contributed by atoms with Crippen LogP contribution in [0.3, 0.4) is 0 Å². The number of furan rings is 1. The summed E-state index contributed by atoms with van der Waals surface area (Å²) in [6.07, 6.45) is 5.41. The van der Waals surface area contributed by atoms with E-state index in [1.165, 1.54) is 13.4 Å². The van der Waals surface area contributed by atoms with Crippen molar-refractivity contribution in [3.63, 3.8) is 0 Å². The number of halogens is 1. The molecule has 254 valence electrons. The molecule has 12 heteroatoms. The fraction of sp³-hybridized carbons (Fsp3) is 0.588. The SMILES string of the molecule is COc1cc(CO)cc(I)c1O[C@H]1C=C(C(=O)NCCO)C[C@@H](N(Cc2ccoc2)C(=O)CO[C@H]2C[C@@H](C)CC[C@@H]2C(C)C)[C@@H]1O. The lowest BCUT2D eigenvalue weighted by Gasteiger charge is -2.41. The average molecular weight is 755 g/mol. The van der Waals surface area contributed by atoms with Crippen LogP contribution in [0.15, 0.2) is 46.8 Å². The van der Waals surface area contributed by atoms with E-state index >= 15 is 0 Å². The summed E-state index contributed by atoms with van der Waals surface area (Å²) in [6, 6.07) is 4.28. The number of rotatable bonds is 14. The van der Waals surface area contributed by atoms with Gasteiger partial charge in [-0.15, -0.1) is 0 Å². The van der Waals surface area contributed by atoms with Crippen LogP contribution >= 0.6 is 22.6 Å². The van der Waals surface area contributed by atoms with Crippen molar-refractivity contribution in [3.8, 4) is 11.5 Å². The lowest BCUT2D eigenvalue weighted by Crippen LogP contribution is -2.55. The second-order valence-electron chi connectivity index (χ2n) is 12.6. The number of hydrogen-bond acceptors (Lipinski definition) is 9. The van der Waals surface area contributed by atoms with Crippen molar-refractivity contribution in [2.24, 2.45) is 17.8 Å². The van der Waals surface area contributed by atoms with Gasteiger partial charge in [0.1, 0.15) is 18.8 Å². The van der Waals surface area contributed by atoms with Crippen LogP contribution in [0.25, 0.3) is 0 Å². The molecule has 6 atom stereocenters. The standard InChI is InChI=1S/C34H47IN2O9/c1-20(2)25-6-5-21(3)11-28(25)45-19-31(40)37(16-22-7-10-44-18-22)27-14-24(34(42)36-8-9-38)15-29(32(27)41)46-33-26(35)12-23(17-39)13-30(33)43-4/h7,10,12-13,15,18,20-21,25,27-29,32,38-39,41H,5-6,8-9,11,14,16-17,19H2,1-4H3,(H,36,42)/t21-,25+,27+,28-,29-,32-/m0/s1. The van der Waals surface area contributed by atoms with Crippen LogP contribution in [0.2, 0.25) is 0 Å². The number of methoxy groups -OCH3 is 1. The number of hydrogen-bond donors (Lipinski definition) is 4. The van der Waals surface area contributed by atoms with Gasteiger partial charge in [-0.2, -0.15) is 0 Å². The predicted octanol–water partition coefficient (Wildman–Crippen LogP) is 3.81. The third-order valence-electron chi connectivity index (χ3n) is 8.98. The molecule has 46 heavy (non-hydrogen) atoms. The Morgan fingerprint density at radius 3 is 2.63 bits per heavy atom. The molecule has 2 amide bonds. The molecule has 1 heterocycles. The molecule has 0 radical (unpaired) electrons. The summed E-state index contributed by atoms with van der Waals surface area (Å²) in [5.74, 6) is 1.21. The van der Waals surface area contributed by atoms with E-state index in [2.05, 4.69) is 48.7 Å². The first-order valence-electron chi connectivity index (χ1n) is 15.9. The van der Waals surface area contributed by atoms with Crippen molar-refractivity contribution in [2.75, 3.05) is 26.9 Å². The van der Waals surface area contributed by atoms with Crippen molar-refractivity contribution in [2.45, 2.75) is 84.0 Å². The Balaban J connectivity index is 1.66. The van der Waals surface area contributed by atoms with E-state index in [1.54, 1.807) is 35.4 Å². The van der Waals surface area contributed by atoms with Crippen LogP contribution in [-0.4, -0.2) is 83.3 Å². The maximum atomic E-state index is 14.1. The average Bonchev–Trinajstić information content (AvgIpc) is 3.56. The Hall–Kier alpha value is -2.65. The quantitative estimate of drug-likeness (QED) is 0.211. The van der Waals surface area contributed by atoms with E-state index in [-0.39, 0.29) is 51.3 Å². The number of aliphatic hydroxyl groups is 3. The molecule has 2 aromatic rings. The summed E-state index contributed by atoms with van der Waals surface area (Å²) in [6.45, 7) is 6.15. The Bertz CT molecular complexity index is 1330. The molecular formula is C34H47IN2O9.